The molecule has 0 unspecified atom stereocenters. The van der Waals surface area contributed by atoms with E-state index in [-0.39, 0.29) is 39.0 Å². The maximum Gasteiger partial charge on any atom is 0.0311 e. The smallest absolute Gasteiger partial charge is 0.0311 e. The van der Waals surface area contributed by atoms with Crippen molar-refractivity contribution >= 4 is 10.4 Å². The van der Waals surface area contributed by atoms with Gasteiger partial charge in [0.05, 0.1) is 0 Å². The van der Waals surface area contributed by atoms with Gasteiger partial charge in [0.2, 0.25) is 0 Å². The second-order valence-corrected chi connectivity index (χ2v) is 1.22. The molecule has 0 fully saturated rings. The van der Waals surface area contributed by atoms with Crippen LogP contribution in [0.5, 0.6) is 0 Å². The molecule has 0 aliphatic rings. The fraction of sp³-hybridized carbons (Fsp3) is 0. The lowest BCUT2D eigenvalue weighted by Gasteiger charge is -2.06. The Kier molecular flexibility index (Phi) is 262. The summed E-state index contributed by atoms with van der Waals surface area (Å²) in [6.07, 6.45) is 0. The molecule has 0 saturated heterocycles. The Labute approximate surface area is 68.0 Å². The lowest BCUT2D eigenvalue weighted by Crippen LogP contribution is -1.91. The van der Waals surface area contributed by atoms with Gasteiger partial charge in [-0.15, -0.1) is 0 Å². The van der Waals surface area contributed by atoms with Gasteiger partial charge in [-0.25, -0.2) is 0 Å². The van der Waals surface area contributed by atoms with Crippen LogP contribution in [0.3, 0.4) is 0 Å². The van der Waals surface area contributed by atoms with Crippen LogP contribution in [-0.4, -0.2) is 50.4 Å². The van der Waals surface area contributed by atoms with Gasteiger partial charge in [0.15, 0.2) is 0 Å². The van der Waals surface area contributed by atoms with E-state index in [0.29, 0.717) is 0 Å². The molecule has 88 valence electrons. The maximum absolute atomic E-state index is 8.52. The Morgan fingerprint density at radius 2 is 0.667 bits per heavy atom. The van der Waals surface area contributed by atoms with Crippen LogP contribution in [0.25, 0.3) is 0 Å². The van der Waals surface area contributed by atoms with Crippen LogP contribution >= 0.6 is 0 Å². The zero-order valence-corrected chi connectivity index (χ0v) is 6.86. The summed E-state index contributed by atoms with van der Waals surface area (Å²) in [5.74, 6) is 0. The average molecular weight is 222 g/mol. The summed E-state index contributed by atoms with van der Waals surface area (Å²) in [5.41, 5.74) is 0. The van der Waals surface area contributed by atoms with Crippen molar-refractivity contribution in [3.63, 3.8) is 0 Å². The molecule has 0 spiro atoms. The molecule has 12 heteroatoms. The molecule has 0 heterocycles. The van der Waals surface area contributed by atoms with E-state index in [0.717, 1.165) is 0 Å². The van der Waals surface area contributed by atoms with Crippen LogP contribution in [-0.2, 0) is 10.4 Å². The van der Waals surface area contributed by atoms with E-state index in [9.17, 15) is 0 Å². The molecule has 0 atom stereocenters. The van der Waals surface area contributed by atoms with Crippen LogP contribution in [0.4, 0.5) is 0 Å². The third-order valence-corrected chi connectivity index (χ3v) is 0. The van der Waals surface area contributed by atoms with Gasteiger partial charge in [0, 0.05) is 10.4 Å². The molecular weight excluding hydrogens is 206 g/mol. The first-order valence-electron chi connectivity index (χ1n) is 0.667. The lowest BCUT2D eigenvalue weighted by atomic mass is 14.0. The predicted octanol–water partition coefficient (Wildman–Crippen LogP) is -5.91. The lowest BCUT2D eigenvalue weighted by molar-refractivity contribution is 0.352. The second kappa shape index (κ2) is 31.2. The van der Waals surface area contributed by atoms with Crippen molar-refractivity contribution in [3.05, 3.63) is 0 Å². The molecule has 0 radical (unpaired) electrons. The molecule has 0 rings (SSSR count). The molecule has 0 aliphatic carbocycles. The monoisotopic (exact) mass is 222 g/mol. The van der Waals surface area contributed by atoms with E-state index in [2.05, 4.69) is 0 Å². The largest absolute Gasteiger partial charge is 0.759 e. The van der Waals surface area contributed by atoms with Crippen LogP contribution < -0.4 is 6.15 Å². The summed E-state index contributed by atoms with van der Waals surface area (Å²) in [7, 11) is -5.17. The zero-order chi connectivity index (χ0) is 4.50. The fourth-order valence-electron chi connectivity index (χ4n) is 0. The van der Waals surface area contributed by atoms with E-state index in [1.54, 1.807) is 0 Å². The Morgan fingerprint density at radius 1 is 0.667 bits per heavy atom. The Hall–Kier alpha value is -0.410. The third-order valence-electron chi connectivity index (χ3n) is 0. The number of quaternary nitrogens is 1. The van der Waals surface area contributed by atoms with E-state index in [4.69, 9.17) is 17.5 Å². The van der Waals surface area contributed by atoms with Crippen molar-refractivity contribution in [1.82, 2.24) is 6.15 Å². The molecule has 0 saturated carbocycles. The molecule has 11 nitrogen and oxygen atoms in total. The molecule has 0 aromatic rings. The fourth-order valence-corrected chi connectivity index (χ4v) is 0. The third kappa shape index (κ3) is 4210. The maximum atomic E-state index is 8.52. The van der Waals surface area contributed by atoms with Crippen LogP contribution in [0.2, 0.25) is 0 Å². The molecule has 0 aromatic carbocycles. The molecule has 0 amide bonds. The highest BCUT2D eigenvalue weighted by atomic mass is 32.3. The van der Waals surface area contributed by atoms with Crippen LogP contribution in [0.1, 0.15) is 0 Å². The van der Waals surface area contributed by atoms with E-state index in [1.165, 1.54) is 0 Å². The van der Waals surface area contributed by atoms with Crippen molar-refractivity contribution in [2.75, 3.05) is 0 Å². The molecular formula is H16NO10S-. The quantitative estimate of drug-likeness (QED) is 0.308. The molecule has 16 N–H and O–H groups in total. The van der Waals surface area contributed by atoms with Crippen LogP contribution in [0.15, 0.2) is 0 Å². The molecule has 0 aromatic heterocycles. The summed E-state index contributed by atoms with van der Waals surface area (Å²) < 4.78 is 34.1. The summed E-state index contributed by atoms with van der Waals surface area (Å²) >= 11 is 0. The van der Waals surface area contributed by atoms with Crippen molar-refractivity contribution < 1.29 is 50.4 Å². The summed E-state index contributed by atoms with van der Waals surface area (Å²) in [6.45, 7) is 0. The number of hydrogen-bond donors (Lipinski definition) is 1. The second-order valence-electron chi connectivity index (χ2n) is 0.408. The van der Waals surface area contributed by atoms with Gasteiger partial charge in [-0.2, -0.15) is 0 Å². The zero-order valence-electron chi connectivity index (χ0n) is 6.04. The molecule has 0 aliphatic heterocycles. The number of hydrogen-bond acceptors (Lipinski definition) is 4. The minimum Gasteiger partial charge on any atom is -0.759 e. The number of rotatable bonds is 0. The van der Waals surface area contributed by atoms with Crippen molar-refractivity contribution in [1.29, 1.82) is 0 Å². The minimum atomic E-state index is -5.17. The SMILES string of the molecule is O.O.O.O.O.O.O=S(=O)([O-])[O-].[NH4+]. The van der Waals surface area contributed by atoms with Crippen molar-refractivity contribution in [2.45, 2.75) is 0 Å². The van der Waals surface area contributed by atoms with E-state index in [1.807, 2.05) is 0 Å². The average Bonchev–Trinajstić information content (AvgIpc) is 0.722. The van der Waals surface area contributed by atoms with Crippen molar-refractivity contribution in [2.24, 2.45) is 0 Å². The first-order valence-corrected chi connectivity index (χ1v) is 2.00. The summed E-state index contributed by atoms with van der Waals surface area (Å²) in [5, 5.41) is 0. The summed E-state index contributed by atoms with van der Waals surface area (Å²) in [6, 6.07) is 0. The highest BCUT2D eigenvalue weighted by Crippen LogP contribution is 1.57. The first kappa shape index (κ1) is 101. The summed E-state index contributed by atoms with van der Waals surface area (Å²) in [4.78, 5) is 0. The van der Waals surface area contributed by atoms with Gasteiger partial charge in [0.25, 0.3) is 0 Å². The van der Waals surface area contributed by atoms with Gasteiger partial charge in [-0.05, 0) is 0 Å². The van der Waals surface area contributed by atoms with Gasteiger partial charge in [0.1, 0.15) is 0 Å². The normalized spacial score (nSPS) is 4.83. The van der Waals surface area contributed by atoms with Gasteiger partial charge < -0.3 is 48.1 Å². The Balaban J connectivity index is -0.00000000381. The Morgan fingerprint density at radius 3 is 0.667 bits per heavy atom. The first-order chi connectivity index (χ1) is 2.00. The van der Waals surface area contributed by atoms with Gasteiger partial charge in [-0.1, -0.05) is 0 Å². The molecule has 0 bridgehead atoms. The topological polar surface area (TPSA) is 306 Å². The van der Waals surface area contributed by atoms with E-state index < -0.39 is 10.4 Å². The highest BCUT2D eigenvalue weighted by molar-refractivity contribution is 7.79. The van der Waals surface area contributed by atoms with E-state index >= 15 is 0 Å². The van der Waals surface area contributed by atoms with Crippen LogP contribution in [0, 0.1) is 0 Å². The highest BCUT2D eigenvalue weighted by Gasteiger charge is 1.49. The predicted molar refractivity (Wildman–Crippen MR) is 38.1 cm³/mol. The van der Waals surface area contributed by atoms with Gasteiger partial charge in [-0.3, -0.25) is 8.42 Å². The molecule has 12 heavy (non-hydrogen) atoms. The van der Waals surface area contributed by atoms with Gasteiger partial charge >= 0.3 is 0 Å². The minimum absolute atomic E-state index is 0. The Bertz CT molecular complexity index is 93.0. The standard InChI is InChI=1S/H3N.H2O4S.6H2O/c;1-5(2,3)4;;;;;;/h1H3;(H2,1,2,3,4);6*1H2/p-1. The van der Waals surface area contributed by atoms with Crippen molar-refractivity contribution in [3.8, 4) is 0 Å².